The number of aryl methyl sites for hydroxylation is 1. The van der Waals surface area contributed by atoms with Gasteiger partial charge in [0.2, 0.25) is 0 Å². The third kappa shape index (κ3) is 6.60. The molecule has 0 saturated carbocycles. The molecule has 0 bridgehead atoms. The van der Waals surface area contributed by atoms with Gasteiger partial charge in [-0.05, 0) is 43.5 Å². The summed E-state index contributed by atoms with van der Waals surface area (Å²) in [5.41, 5.74) is 1.26. The van der Waals surface area contributed by atoms with E-state index < -0.39 is 0 Å². The molecule has 0 aromatic heterocycles. The predicted molar refractivity (Wildman–Crippen MR) is 78.8 cm³/mol. The van der Waals surface area contributed by atoms with Gasteiger partial charge in [0.15, 0.2) is 0 Å². The molecule has 0 atom stereocenters. The van der Waals surface area contributed by atoms with Crippen LogP contribution in [0.4, 0.5) is 0 Å². The summed E-state index contributed by atoms with van der Waals surface area (Å²) in [6.45, 7) is 2.78. The van der Waals surface area contributed by atoms with Gasteiger partial charge in [0, 0.05) is 13.7 Å². The lowest BCUT2D eigenvalue weighted by atomic mass is 10.1. The van der Waals surface area contributed by atoms with Gasteiger partial charge in [-0.25, -0.2) is 0 Å². The van der Waals surface area contributed by atoms with Crippen molar-refractivity contribution >= 4 is 23.2 Å². The number of methoxy groups -OCH3 is 1. The molecule has 0 saturated heterocycles. The zero-order valence-corrected chi connectivity index (χ0v) is 12.4. The van der Waals surface area contributed by atoms with Crippen LogP contribution in [0.2, 0.25) is 10.0 Å². The molecule has 0 aliphatic carbocycles. The fourth-order valence-corrected chi connectivity index (χ4v) is 2.07. The first kappa shape index (κ1) is 15.8. The minimum absolute atomic E-state index is 0.628. The van der Waals surface area contributed by atoms with Crippen LogP contribution in [0.5, 0.6) is 0 Å². The van der Waals surface area contributed by atoms with Crippen LogP contribution in [0.15, 0.2) is 18.2 Å². The predicted octanol–water partition coefficient (Wildman–Crippen LogP) is 3.94. The molecule has 18 heavy (non-hydrogen) atoms. The topological polar surface area (TPSA) is 21.3 Å². The van der Waals surface area contributed by atoms with E-state index in [1.807, 2.05) is 18.2 Å². The van der Waals surface area contributed by atoms with Crippen LogP contribution in [0, 0.1) is 0 Å². The molecule has 2 nitrogen and oxygen atoms in total. The van der Waals surface area contributed by atoms with Gasteiger partial charge in [-0.3, -0.25) is 0 Å². The number of hydrogen-bond acceptors (Lipinski definition) is 2. The highest BCUT2D eigenvalue weighted by molar-refractivity contribution is 6.42. The van der Waals surface area contributed by atoms with Gasteiger partial charge in [-0.2, -0.15) is 0 Å². The highest BCUT2D eigenvalue weighted by Gasteiger charge is 1.99. The summed E-state index contributed by atoms with van der Waals surface area (Å²) in [5.74, 6) is 0. The summed E-state index contributed by atoms with van der Waals surface area (Å²) >= 11 is 11.8. The first-order valence-corrected chi connectivity index (χ1v) is 7.13. The second kappa shape index (κ2) is 9.62. The van der Waals surface area contributed by atoms with Crippen molar-refractivity contribution < 1.29 is 4.74 Å². The van der Waals surface area contributed by atoms with Crippen LogP contribution >= 0.6 is 23.2 Å². The number of rotatable bonds is 9. The molecule has 1 aromatic rings. The Labute approximate surface area is 120 Å². The third-order valence-electron chi connectivity index (χ3n) is 2.79. The molecule has 0 amide bonds. The first-order valence-electron chi connectivity index (χ1n) is 6.37. The molecular formula is C14H21Cl2NO. The number of nitrogens with one attached hydrogen (secondary N) is 1. The van der Waals surface area contributed by atoms with Gasteiger partial charge >= 0.3 is 0 Å². The number of ether oxygens (including phenoxy) is 1. The molecule has 0 spiro atoms. The maximum Gasteiger partial charge on any atom is 0.0595 e. The van der Waals surface area contributed by atoms with Crippen molar-refractivity contribution in [1.82, 2.24) is 5.32 Å². The van der Waals surface area contributed by atoms with E-state index in [0.29, 0.717) is 10.0 Å². The fourth-order valence-electron chi connectivity index (χ4n) is 1.75. The van der Waals surface area contributed by atoms with Crippen LogP contribution in [0.1, 0.15) is 24.8 Å². The van der Waals surface area contributed by atoms with Gasteiger partial charge in [-0.15, -0.1) is 0 Å². The molecule has 1 aromatic carbocycles. The Morgan fingerprint density at radius 3 is 2.61 bits per heavy atom. The number of unbranched alkanes of at least 4 members (excludes halogenated alkanes) is 2. The third-order valence-corrected chi connectivity index (χ3v) is 3.53. The molecule has 0 radical (unpaired) electrons. The number of hydrogen-bond donors (Lipinski definition) is 1. The van der Waals surface area contributed by atoms with E-state index in [-0.39, 0.29) is 0 Å². The zero-order valence-electron chi connectivity index (χ0n) is 10.8. The molecule has 0 fully saturated rings. The van der Waals surface area contributed by atoms with Gasteiger partial charge in [0.25, 0.3) is 0 Å². The Balaban J connectivity index is 2.05. The van der Waals surface area contributed by atoms with E-state index in [4.69, 9.17) is 27.9 Å². The Kier molecular flexibility index (Phi) is 8.44. The second-order valence-electron chi connectivity index (χ2n) is 4.30. The van der Waals surface area contributed by atoms with Crippen LogP contribution in [-0.2, 0) is 11.2 Å². The van der Waals surface area contributed by atoms with Gasteiger partial charge < -0.3 is 10.1 Å². The van der Waals surface area contributed by atoms with Crippen molar-refractivity contribution in [2.45, 2.75) is 25.7 Å². The lowest BCUT2D eigenvalue weighted by Gasteiger charge is -2.05. The van der Waals surface area contributed by atoms with Crippen molar-refractivity contribution in [3.63, 3.8) is 0 Å². The van der Waals surface area contributed by atoms with Crippen LogP contribution in [-0.4, -0.2) is 26.8 Å². The quantitative estimate of drug-likeness (QED) is 0.695. The molecule has 1 N–H and O–H groups in total. The fraction of sp³-hybridized carbons (Fsp3) is 0.571. The molecular weight excluding hydrogens is 269 g/mol. The average molecular weight is 290 g/mol. The van der Waals surface area contributed by atoms with E-state index in [2.05, 4.69) is 5.32 Å². The summed E-state index contributed by atoms with van der Waals surface area (Å²) in [4.78, 5) is 0. The minimum Gasteiger partial charge on any atom is -0.383 e. The van der Waals surface area contributed by atoms with Gasteiger partial charge in [0.05, 0.1) is 16.7 Å². The molecule has 4 heteroatoms. The van der Waals surface area contributed by atoms with Gasteiger partial charge in [-0.1, -0.05) is 35.7 Å². The van der Waals surface area contributed by atoms with Crippen LogP contribution in [0.25, 0.3) is 0 Å². The molecule has 0 aliphatic heterocycles. The maximum atomic E-state index is 5.97. The summed E-state index contributed by atoms with van der Waals surface area (Å²) < 4.78 is 4.96. The lowest BCUT2D eigenvalue weighted by molar-refractivity contribution is 0.199. The Morgan fingerprint density at radius 2 is 1.89 bits per heavy atom. The van der Waals surface area contributed by atoms with Crippen molar-refractivity contribution in [3.8, 4) is 0 Å². The Hall–Kier alpha value is -0.280. The zero-order chi connectivity index (χ0) is 13.2. The summed E-state index contributed by atoms with van der Waals surface area (Å²) in [6, 6.07) is 5.87. The van der Waals surface area contributed by atoms with Crippen LogP contribution in [0.3, 0.4) is 0 Å². The highest BCUT2D eigenvalue weighted by atomic mass is 35.5. The molecule has 1 rings (SSSR count). The van der Waals surface area contributed by atoms with Crippen LogP contribution < -0.4 is 5.32 Å². The molecule has 0 aliphatic rings. The van der Waals surface area contributed by atoms with Crippen molar-refractivity contribution in [1.29, 1.82) is 0 Å². The van der Waals surface area contributed by atoms with E-state index in [9.17, 15) is 0 Å². The summed E-state index contributed by atoms with van der Waals surface area (Å²) in [7, 11) is 1.72. The summed E-state index contributed by atoms with van der Waals surface area (Å²) in [5, 5.41) is 4.61. The normalized spacial score (nSPS) is 10.8. The van der Waals surface area contributed by atoms with Crippen molar-refractivity contribution in [3.05, 3.63) is 33.8 Å². The molecule has 0 unspecified atom stereocenters. The van der Waals surface area contributed by atoms with Gasteiger partial charge in [0.1, 0.15) is 0 Å². The molecule has 102 valence electrons. The standard InChI is InChI=1S/C14H21Cl2NO/c1-18-10-9-17-8-4-2-3-5-12-6-7-13(15)14(16)11-12/h6-7,11,17H,2-5,8-10H2,1H3. The minimum atomic E-state index is 0.628. The Bertz CT molecular complexity index is 345. The average Bonchev–Trinajstić information content (AvgIpc) is 2.37. The second-order valence-corrected chi connectivity index (χ2v) is 5.12. The van der Waals surface area contributed by atoms with Crippen molar-refractivity contribution in [2.24, 2.45) is 0 Å². The summed E-state index contributed by atoms with van der Waals surface area (Å²) in [6.07, 6.45) is 4.67. The Morgan fingerprint density at radius 1 is 1.06 bits per heavy atom. The highest BCUT2D eigenvalue weighted by Crippen LogP contribution is 2.23. The number of benzene rings is 1. The lowest BCUT2D eigenvalue weighted by Crippen LogP contribution is -2.20. The number of halogens is 2. The van der Waals surface area contributed by atoms with E-state index >= 15 is 0 Å². The van der Waals surface area contributed by atoms with E-state index in [0.717, 1.165) is 26.1 Å². The molecule has 0 heterocycles. The SMILES string of the molecule is COCCNCCCCCc1ccc(Cl)c(Cl)c1. The maximum absolute atomic E-state index is 5.97. The van der Waals surface area contributed by atoms with E-state index in [1.165, 1.54) is 24.8 Å². The monoisotopic (exact) mass is 289 g/mol. The largest absolute Gasteiger partial charge is 0.383 e. The van der Waals surface area contributed by atoms with Crippen molar-refractivity contribution in [2.75, 3.05) is 26.8 Å². The smallest absolute Gasteiger partial charge is 0.0595 e. The van der Waals surface area contributed by atoms with E-state index in [1.54, 1.807) is 7.11 Å². The first-order chi connectivity index (χ1) is 8.74.